The summed E-state index contributed by atoms with van der Waals surface area (Å²) in [4.78, 5) is 25.0. The van der Waals surface area contributed by atoms with Gasteiger partial charge in [0.2, 0.25) is 5.91 Å². The van der Waals surface area contributed by atoms with Gasteiger partial charge in [0, 0.05) is 39.6 Å². The minimum Gasteiger partial charge on any atom is -0.480 e. The van der Waals surface area contributed by atoms with Crippen molar-refractivity contribution < 1.29 is 24.5 Å². The Hall–Kier alpha value is -1.14. The third-order valence-corrected chi connectivity index (χ3v) is 4.33. The maximum absolute atomic E-state index is 12.3. The van der Waals surface area contributed by atoms with E-state index in [4.69, 9.17) is 4.74 Å². The van der Waals surface area contributed by atoms with Gasteiger partial charge in [-0.2, -0.15) is 0 Å². The Bertz CT molecular complexity index is 371. The van der Waals surface area contributed by atoms with Gasteiger partial charge in [0.15, 0.2) is 0 Å². The van der Waals surface area contributed by atoms with Crippen LogP contribution >= 0.6 is 0 Å². The molecule has 0 bridgehead atoms. The van der Waals surface area contributed by atoms with E-state index in [9.17, 15) is 19.8 Å². The van der Waals surface area contributed by atoms with Crippen LogP contribution in [0.1, 0.15) is 32.1 Å². The molecule has 19 heavy (non-hydrogen) atoms. The number of likely N-dealkylation sites (N-methyl/N-ethyl adjacent to an activating group) is 1. The van der Waals surface area contributed by atoms with Crippen molar-refractivity contribution in [2.24, 2.45) is 5.41 Å². The van der Waals surface area contributed by atoms with E-state index in [1.54, 1.807) is 7.05 Å². The van der Waals surface area contributed by atoms with Crippen LogP contribution in [0, 0.1) is 5.41 Å². The molecule has 0 radical (unpaired) electrons. The predicted molar refractivity (Wildman–Crippen MR) is 66.6 cm³/mol. The second-order valence-electron chi connectivity index (χ2n) is 5.74. The summed E-state index contributed by atoms with van der Waals surface area (Å²) in [5.74, 6) is -1.43. The van der Waals surface area contributed by atoms with Crippen LogP contribution in [0.4, 0.5) is 0 Å². The fraction of sp³-hybridized carbons (Fsp3) is 0.846. The summed E-state index contributed by atoms with van der Waals surface area (Å²) >= 11 is 0. The van der Waals surface area contributed by atoms with Crippen LogP contribution in [0.15, 0.2) is 0 Å². The Morgan fingerprint density at radius 2 is 1.79 bits per heavy atom. The van der Waals surface area contributed by atoms with Gasteiger partial charge in [0.1, 0.15) is 5.41 Å². The Morgan fingerprint density at radius 1 is 1.21 bits per heavy atom. The van der Waals surface area contributed by atoms with E-state index < -0.39 is 17.0 Å². The number of aliphatic carboxylic acids is 1. The fourth-order valence-corrected chi connectivity index (χ4v) is 2.84. The van der Waals surface area contributed by atoms with Crippen molar-refractivity contribution in [2.75, 3.05) is 26.8 Å². The molecule has 0 aromatic carbocycles. The number of amides is 1. The van der Waals surface area contributed by atoms with E-state index in [1.165, 1.54) is 4.90 Å². The number of carbonyl (C=O) groups is 2. The van der Waals surface area contributed by atoms with E-state index in [0.717, 1.165) is 6.42 Å². The zero-order valence-electron chi connectivity index (χ0n) is 11.2. The number of carbonyl (C=O) groups excluding carboxylic acids is 1. The smallest absolute Gasteiger partial charge is 0.319 e. The normalized spacial score (nSPS) is 24.3. The monoisotopic (exact) mass is 271 g/mol. The van der Waals surface area contributed by atoms with Gasteiger partial charge < -0.3 is 19.8 Å². The topological polar surface area (TPSA) is 87.1 Å². The van der Waals surface area contributed by atoms with E-state index in [-0.39, 0.29) is 12.5 Å². The van der Waals surface area contributed by atoms with E-state index in [0.29, 0.717) is 38.9 Å². The Balaban J connectivity index is 2.01. The van der Waals surface area contributed by atoms with Crippen LogP contribution in [-0.2, 0) is 14.3 Å². The first-order valence-electron chi connectivity index (χ1n) is 6.69. The molecule has 1 aliphatic heterocycles. The van der Waals surface area contributed by atoms with Crippen molar-refractivity contribution >= 4 is 11.9 Å². The Labute approximate surface area is 112 Å². The molecular weight excluding hydrogens is 250 g/mol. The van der Waals surface area contributed by atoms with Crippen LogP contribution in [0.3, 0.4) is 0 Å². The minimum atomic E-state index is -1.25. The molecule has 0 spiro atoms. The van der Waals surface area contributed by atoms with Crippen molar-refractivity contribution in [3.05, 3.63) is 0 Å². The quantitative estimate of drug-likeness (QED) is 0.715. The average Bonchev–Trinajstić information content (AvgIpc) is 2.27. The van der Waals surface area contributed by atoms with Gasteiger partial charge in [-0.05, 0) is 12.8 Å². The lowest BCUT2D eigenvalue weighted by molar-refractivity contribution is -0.169. The summed E-state index contributed by atoms with van der Waals surface area (Å²) in [7, 11) is 1.57. The Morgan fingerprint density at radius 3 is 2.21 bits per heavy atom. The molecule has 0 aromatic heterocycles. The fourth-order valence-electron chi connectivity index (χ4n) is 2.84. The second kappa shape index (κ2) is 5.09. The molecule has 1 amide bonds. The maximum Gasteiger partial charge on any atom is 0.319 e. The van der Waals surface area contributed by atoms with Crippen LogP contribution < -0.4 is 0 Å². The third kappa shape index (κ3) is 2.60. The molecule has 6 nitrogen and oxygen atoms in total. The third-order valence-electron chi connectivity index (χ3n) is 4.33. The van der Waals surface area contributed by atoms with Gasteiger partial charge in [0.25, 0.3) is 0 Å². The largest absolute Gasteiger partial charge is 0.480 e. The lowest BCUT2D eigenvalue weighted by Gasteiger charge is -2.42. The molecule has 1 heterocycles. The second-order valence-corrected chi connectivity index (χ2v) is 5.74. The van der Waals surface area contributed by atoms with Crippen molar-refractivity contribution in [3.8, 4) is 0 Å². The molecule has 1 aliphatic carbocycles. The summed E-state index contributed by atoms with van der Waals surface area (Å²) in [6.07, 6.45) is 2.51. The zero-order chi connectivity index (χ0) is 14.1. The van der Waals surface area contributed by atoms with Gasteiger partial charge in [-0.1, -0.05) is 6.42 Å². The van der Waals surface area contributed by atoms with E-state index >= 15 is 0 Å². The van der Waals surface area contributed by atoms with Crippen molar-refractivity contribution in [1.29, 1.82) is 0 Å². The van der Waals surface area contributed by atoms with Crippen LogP contribution in [0.5, 0.6) is 0 Å². The van der Waals surface area contributed by atoms with Crippen molar-refractivity contribution in [1.82, 2.24) is 4.90 Å². The van der Waals surface area contributed by atoms with Crippen LogP contribution in [0.25, 0.3) is 0 Å². The minimum absolute atomic E-state index is 0.171. The first-order valence-corrected chi connectivity index (χ1v) is 6.69. The molecule has 0 aromatic rings. The van der Waals surface area contributed by atoms with Gasteiger partial charge in [0.05, 0.1) is 5.60 Å². The molecule has 0 unspecified atom stereocenters. The first-order chi connectivity index (χ1) is 8.90. The average molecular weight is 271 g/mol. The molecule has 6 heteroatoms. The molecule has 1 saturated heterocycles. The highest BCUT2D eigenvalue weighted by Crippen LogP contribution is 2.43. The molecule has 2 fully saturated rings. The van der Waals surface area contributed by atoms with Gasteiger partial charge in [-0.15, -0.1) is 0 Å². The van der Waals surface area contributed by atoms with Gasteiger partial charge in [-0.25, -0.2) is 0 Å². The highest BCUT2D eigenvalue weighted by molar-refractivity contribution is 6.02. The zero-order valence-corrected chi connectivity index (χ0v) is 11.2. The summed E-state index contributed by atoms with van der Waals surface area (Å²) in [5.41, 5.74) is -2.21. The number of carboxylic acid groups (broad SMARTS) is 1. The van der Waals surface area contributed by atoms with Crippen LogP contribution in [-0.4, -0.2) is 59.4 Å². The number of rotatable bonds is 4. The van der Waals surface area contributed by atoms with E-state index in [2.05, 4.69) is 0 Å². The predicted octanol–water partition coefficient (Wildman–Crippen LogP) is 0.241. The molecule has 0 atom stereocenters. The molecular formula is C13H21NO5. The highest BCUT2D eigenvalue weighted by atomic mass is 16.5. The number of hydrogen-bond acceptors (Lipinski definition) is 4. The SMILES string of the molecule is CN(CC1(O)CCOCC1)C(=O)C1(C(=O)O)CCC1. The Kier molecular flexibility index (Phi) is 3.82. The molecule has 2 aliphatic rings. The van der Waals surface area contributed by atoms with Gasteiger partial charge in [-0.3, -0.25) is 9.59 Å². The standard InChI is InChI=1S/C13H21NO5/c1-14(9-12(18)5-7-19-8-6-12)10(15)13(11(16)17)3-2-4-13/h18H,2-9H2,1H3,(H,16,17). The van der Waals surface area contributed by atoms with Crippen molar-refractivity contribution in [2.45, 2.75) is 37.7 Å². The molecule has 2 rings (SSSR count). The molecule has 108 valence electrons. The number of carboxylic acids is 1. The summed E-state index contributed by atoms with van der Waals surface area (Å²) in [6.45, 7) is 1.12. The summed E-state index contributed by atoms with van der Waals surface area (Å²) < 4.78 is 5.19. The van der Waals surface area contributed by atoms with Gasteiger partial charge >= 0.3 is 5.97 Å². The lowest BCUT2D eigenvalue weighted by atomic mass is 9.67. The van der Waals surface area contributed by atoms with Crippen LogP contribution in [0.2, 0.25) is 0 Å². The molecule has 2 N–H and O–H groups in total. The summed E-state index contributed by atoms with van der Waals surface area (Å²) in [5, 5.41) is 19.6. The highest BCUT2D eigenvalue weighted by Gasteiger charge is 2.53. The van der Waals surface area contributed by atoms with Crippen molar-refractivity contribution in [3.63, 3.8) is 0 Å². The number of hydrogen-bond donors (Lipinski definition) is 2. The summed E-state index contributed by atoms with van der Waals surface area (Å²) in [6, 6.07) is 0. The molecule has 1 saturated carbocycles. The first kappa shape index (κ1) is 14.3. The maximum atomic E-state index is 12.3. The van der Waals surface area contributed by atoms with E-state index in [1.807, 2.05) is 0 Å². The lowest BCUT2D eigenvalue weighted by Crippen LogP contribution is -2.55. The number of ether oxygens (including phenoxy) is 1. The number of aliphatic hydroxyl groups is 1. The number of nitrogens with zero attached hydrogens (tertiary/aromatic N) is 1.